The van der Waals surface area contributed by atoms with Gasteiger partial charge in [-0.3, -0.25) is 14.6 Å². The molecule has 48 heavy (non-hydrogen) atoms. The fourth-order valence-electron chi connectivity index (χ4n) is 7.61. The molecular weight excluding hydrogens is 623 g/mol. The topological polar surface area (TPSA) is 127 Å². The summed E-state index contributed by atoms with van der Waals surface area (Å²) in [6.45, 7) is 3.89. The maximum Gasteiger partial charge on any atom is 0.327 e. The minimum atomic E-state index is -0.707. The molecule has 272 valence electrons. The van der Waals surface area contributed by atoms with E-state index in [0.29, 0.717) is 5.92 Å². The van der Waals surface area contributed by atoms with Crippen LogP contribution in [0.15, 0.2) is 15.1 Å². The number of rotatable bonds is 6. The molecule has 3 aliphatic rings. The summed E-state index contributed by atoms with van der Waals surface area (Å²) in [4.78, 5) is 43.8. The molecule has 0 aromatic carbocycles. The van der Waals surface area contributed by atoms with Crippen molar-refractivity contribution in [2.75, 3.05) is 6.54 Å². The normalized spacial score (nSPS) is 24.5. The van der Waals surface area contributed by atoms with Crippen molar-refractivity contribution in [3.8, 4) is 0 Å². The van der Waals surface area contributed by atoms with Gasteiger partial charge in [0.2, 0.25) is 6.08 Å². The van der Waals surface area contributed by atoms with Gasteiger partial charge in [-0.2, -0.15) is 5.10 Å². The smallest absolute Gasteiger partial charge is 0.327 e. The van der Waals surface area contributed by atoms with Crippen LogP contribution in [0.5, 0.6) is 0 Å². The average Bonchev–Trinajstić information content (AvgIpc) is 3.59. The highest BCUT2D eigenvalue weighted by molar-refractivity contribution is 8.14. The van der Waals surface area contributed by atoms with Crippen LogP contribution in [0.3, 0.4) is 0 Å². The first-order valence-electron chi connectivity index (χ1n) is 19.5. The van der Waals surface area contributed by atoms with Crippen LogP contribution >= 0.6 is 11.8 Å². The number of primary amides is 1. The molecule has 1 fully saturated rings. The summed E-state index contributed by atoms with van der Waals surface area (Å²) >= 11 is 1.17. The first-order valence-corrected chi connectivity index (χ1v) is 20.4. The third kappa shape index (κ3) is 16.0. The molecule has 0 aromatic heterocycles. The summed E-state index contributed by atoms with van der Waals surface area (Å²) < 4.78 is 6.06. The number of amides is 1. The lowest BCUT2D eigenvalue weighted by Gasteiger charge is -2.31. The molecule has 2 N–H and O–H groups in total. The number of thioether (sulfide) groups is 1. The minimum absolute atomic E-state index is 0.0570. The number of nitrogens with zero attached hydrogens (tertiary/aromatic N) is 4. The van der Waals surface area contributed by atoms with E-state index in [2.05, 4.69) is 15.1 Å². The molecule has 0 spiro atoms. The zero-order chi connectivity index (χ0) is 34.5. The van der Waals surface area contributed by atoms with E-state index >= 15 is 0 Å². The van der Waals surface area contributed by atoms with Crippen molar-refractivity contribution in [1.82, 2.24) is 5.01 Å². The summed E-state index contributed by atoms with van der Waals surface area (Å²) in [6, 6.07) is -0.668. The van der Waals surface area contributed by atoms with E-state index in [9.17, 15) is 14.4 Å². The SMILES string of the molecule is CC(C)(CC1CCCCCCCCCCCCCCCCCCCCCCCCC1)OC(=O)CN1N=C(C(N)=O)C2N=C(N=C=O)SC21. The molecule has 0 saturated heterocycles. The zero-order valence-corrected chi connectivity index (χ0v) is 31.0. The Morgan fingerprint density at radius 1 is 0.792 bits per heavy atom. The molecule has 2 atom stereocenters. The number of nitrogens with two attached hydrogens (primary N) is 1. The molecule has 2 heterocycles. The van der Waals surface area contributed by atoms with Crippen LogP contribution < -0.4 is 5.73 Å². The van der Waals surface area contributed by atoms with E-state index < -0.39 is 28.9 Å². The van der Waals surface area contributed by atoms with Gasteiger partial charge in [0.25, 0.3) is 5.91 Å². The first kappa shape index (κ1) is 40.2. The van der Waals surface area contributed by atoms with E-state index in [1.54, 1.807) is 0 Å². The number of hydrazone groups is 1. The van der Waals surface area contributed by atoms with E-state index in [1.807, 2.05) is 13.8 Å². The highest BCUT2D eigenvalue weighted by Gasteiger charge is 2.46. The van der Waals surface area contributed by atoms with Crippen molar-refractivity contribution < 1.29 is 19.1 Å². The lowest BCUT2D eigenvalue weighted by molar-refractivity contribution is -0.159. The van der Waals surface area contributed by atoms with Gasteiger partial charge in [-0.1, -0.05) is 172 Å². The summed E-state index contributed by atoms with van der Waals surface area (Å²) in [5.41, 5.74) is 4.96. The summed E-state index contributed by atoms with van der Waals surface area (Å²) in [7, 11) is 0. The van der Waals surface area contributed by atoms with Crippen LogP contribution in [0, 0.1) is 5.92 Å². The maximum atomic E-state index is 13.2. The van der Waals surface area contributed by atoms with Gasteiger partial charge >= 0.3 is 5.97 Å². The summed E-state index contributed by atoms with van der Waals surface area (Å²) in [6.07, 6.45) is 36.2. The standard InChI is InChI=1S/C38H65N5O4S/c1-38(2,47-32(45)29-43-36-34(33(42-43)35(39)46)41-37(48-36)40-30-44)28-31-26-24-22-20-18-16-14-12-10-8-6-4-3-5-7-9-11-13-15-17-19-21-23-25-27-31/h31,34,36H,3-29H2,1-2H3,(H2,39,46). The van der Waals surface area contributed by atoms with E-state index in [1.165, 1.54) is 183 Å². The number of amidine groups is 1. The van der Waals surface area contributed by atoms with Crippen molar-refractivity contribution in [3.05, 3.63) is 0 Å². The summed E-state index contributed by atoms with van der Waals surface area (Å²) in [5.74, 6) is -0.595. The largest absolute Gasteiger partial charge is 0.458 e. The molecule has 1 saturated carbocycles. The Kier molecular flexibility index (Phi) is 19.5. The minimum Gasteiger partial charge on any atom is -0.458 e. The third-order valence-corrected chi connectivity index (χ3v) is 11.3. The van der Waals surface area contributed by atoms with E-state index in [4.69, 9.17) is 10.5 Å². The van der Waals surface area contributed by atoms with Crippen molar-refractivity contribution in [3.63, 3.8) is 0 Å². The quantitative estimate of drug-likeness (QED) is 0.168. The zero-order valence-electron chi connectivity index (χ0n) is 30.2. The molecule has 2 aliphatic heterocycles. The lowest BCUT2D eigenvalue weighted by Crippen LogP contribution is -2.39. The number of ether oxygens (including phenoxy) is 1. The van der Waals surface area contributed by atoms with Crippen LogP contribution in [0.25, 0.3) is 0 Å². The second-order valence-electron chi connectivity index (χ2n) is 15.0. The number of hydrogen-bond donors (Lipinski definition) is 1. The van der Waals surface area contributed by atoms with Crippen LogP contribution in [0.4, 0.5) is 0 Å². The third-order valence-electron chi connectivity index (χ3n) is 10.1. The summed E-state index contributed by atoms with van der Waals surface area (Å²) in [5, 5.41) is 5.51. The molecule has 0 aromatic rings. The number of carbonyl (C=O) groups is 2. The van der Waals surface area contributed by atoms with E-state index in [-0.39, 0.29) is 17.4 Å². The average molecular weight is 688 g/mol. The van der Waals surface area contributed by atoms with Gasteiger partial charge in [-0.15, -0.1) is 4.99 Å². The van der Waals surface area contributed by atoms with Crippen molar-refractivity contribution in [2.24, 2.45) is 26.7 Å². The number of aliphatic imine (C=N–C) groups is 2. The van der Waals surface area contributed by atoms with Crippen molar-refractivity contribution >= 4 is 40.6 Å². The van der Waals surface area contributed by atoms with Gasteiger partial charge in [0.1, 0.15) is 23.6 Å². The van der Waals surface area contributed by atoms with Crippen LogP contribution in [0.2, 0.25) is 0 Å². The highest BCUT2D eigenvalue weighted by Crippen LogP contribution is 2.36. The molecular formula is C38H65N5O4S. The Morgan fingerprint density at radius 2 is 1.21 bits per heavy atom. The monoisotopic (exact) mass is 687 g/mol. The van der Waals surface area contributed by atoms with Gasteiger partial charge in [-0.25, -0.2) is 9.79 Å². The van der Waals surface area contributed by atoms with Crippen molar-refractivity contribution in [2.45, 2.75) is 198 Å². The van der Waals surface area contributed by atoms with Gasteiger partial charge in [0.15, 0.2) is 10.9 Å². The second kappa shape index (κ2) is 23.3. The van der Waals surface area contributed by atoms with E-state index in [0.717, 1.165) is 6.42 Å². The number of carbonyl (C=O) groups excluding carboxylic acids is 3. The Hall–Kier alpha value is -2.19. The fraction of sp³-hybridized carbons (Fsp3) is 0.868. The lowest BCUT2D eigenvalue weighted by atomic mass is 9.85. The Bertz CT molecular complexity index is 1050. The van der Waals surface area contributed by atoms with Gasteiger partial charge < -0.3 is 10.5 Å². The molecule has 3 rings (SSSR count). The molecule has 9 nitrogen and oxygen atoms in total. The van der Waals surface area contributed by atoms with Crippen molar-refractivity contribution in [1.29, 1.82) is 0 Å². The number of fused-ring (bicyclic) bond motifs is 1. The first-order chi connectivity index (χ1) is 23.3. The Balaban J connectivity index is 1.47. The van der Waals surface area contributed by atoms with Crippen LogP contribution in [-0.2, 0) is 19.1 Å². The Labute approximate surface area is 295 Å². The van der Waals surface area contributed by atoms with Crippen LogP contribution in [-0.4, -0.2) is 57.4 Å². The molecule has 2 unspecified atom stereocenters. The van der Waals surface area contributed by atoms with Gasteiger partial charge in [-0.05, 0) is 26.2 Å². The number of esters is 1. The highest BCUT2D eigenvalue weighted by atomic mass is 32.2. The fourth-order valence-corrected chi connectivity index (χ4v) is 8.65. The predicted octanol–water partition coefficient (Wildman–Crippen LogP) is 9.37. The second-order valence-corrected chi connectivity index (χ2v) is 16.1. The van der Waals surface area contributed by atoms with Gasteiger partial charge in [0, 0.05) is 0 Å². The van der Waals surface area contributed by atoms with Gasteiger partial charge in [0.05, 0.1) is 0 Å². The molecule has 0 radical (unpaired) electrons. The molecule has 10 heteroatoms. The molecule has 1 amide bonds. The molecule has 1 aliphatic carbocycles. The number of isocyanates is 1. The number of hydrogen-bond acceptors (Lipinski definition) is 9. The Morgan fingerprint density at radius 3 is 1.60 bits per heavy atom. The maximum absolute atomic E-state index is 13.2. The molecule has 0 bridgehead atoms. The predicted molar refractivity (Wildman–Crippen MR) is 198 cm³/mol. The van der Waals surface area contributed by atoms with Crippen LogP contribution in [0.1, 0.15) is 181 Å².